The minimum absolute atomic E-state index is 0.121. The number of hydrogen-bond donors (Lipinski definition) is 1. The maximum Gasteiger partial charge on any atom is 0.266 e. The Kier molecular flexibility index (Phi) is 7.92. The van der Waals surface area contributed by atoms with E-state index in [0.29, 0.717) is 14.4 Å². The van der Waals surface area contributed by atoms with Crippen LogP contribution in [-0.2, 0) is 15.3 Å². The van der Waals surface area contributed by atoms with Crippen molar-refractivity contribution in [2.75, 3.05) is 11.9 Å². The lowest BCUT2D eigenvalue weighted by Gasteiger charge is -2.13. The third-order valence-corrected chi connectivity index (χ3v) is 8.20. The van der Waals surface area contributed by atoms with Gasteiger partial charge >= 0.3 is 0 Å². The quantitative estimate of drug-likeness (QED) is 0.188. The number of carbonyl (C=O) groups excluding carboxylic acids is 2. The number of anilines is 1. The van der Waals surface area contributed by atoms with Gasteiger partial charge < -0.3 is 5.32 Å². The molecular formula is C23H20N4O2S4. The van der Waals surface area contributed by atoms with Gasteiger partial charge in [0, 0.05) is 18.7 Å². The number of thiocarbonyl (C=S) groups is 1. The van der Waals surface area contributed by atoms with Gasteiger partial charge in [0.1, 0.15) is 4.32 Å². The van der Waals surface area contributed by atoms with E-state index in [9.17, 15) is 9.59 Å². The Balaban J connectivity index is 1.27. The van der Waals surface area contributed by atoms with E-state index < -0.39 is 0 Å². The number of aryl methyl sites for hydroxylation is 1. The SMILES string of the molecule is Cc1ccccc1CSc1nnc(NC(=O)CCN2C(=O)/C(=C/c3ccccc3)SC2=S)s1. The molecule has 10 heteroatoms. The number of thioether (sulfide) groups is 2. The van der Waals surface area contributed by atoms with E-state index in [-0.39, 0.29) is 24.8 Å². The first kappa shape index (κ1) is 23.6. The zero-order valence-electron chi connectivity index (χ0n) is 17.7. The highest BCUT2D eigenvalue weighted by Crippen LogP contribution is 2.33. The Morgan fingerprint density at radius 2 is 1.91 bits per heavy atom. The average molecular weight is 513 g/mol. The second kappa shape index (κ2) is 11.1. The molecule has 1 aromatic heterocycles. The standard InChI is InChI=1S/C23H20N4O2S4/c1-15-7-5-6-10-17(15)14-31-22-26-25-21(33-22)24-19(28)11-12-27-20(29)18(32-23(27)30)13-16-8-3-2-4-9-16/h2-10,13H,11-12,14H2,1H3,(H,24,25,28)/b18-13-. The molecule has 1 aliphatic heterocycles. The van der Waals surface area contributed by atoms with E-state index in [4.69, 9.17) is 12.2 Å². The Hall–Kier alpha value is -2.53. The normalized spacial score (nSPS) is 14.8. The summed E-state index contributed by atoms with van der Waals surface area (Å²) in [5.41, 5.74) is 3.41. The number of hydrogen-bond acceptors (Lipinski definition) is 8. The molecule has 3 aromatic rings. The minimum Gasteiger partial charge on any atom is -0.300 e. The second-order valence-corrected chi connectivity index (χ2v) is 11.0. The van der Waals surface area contributed by atoms with Gasteiger partial charge in [-0.05, 0) is 29.7 Å². The summed E-state index contributed by atoms with van der Waals surface area (Å²) in [5.74, 6) is 0.385. The lowest BCUT2D eigenvalue weighted by atomic mass is 10.1. The van der Waals surface area contributed by atoms with Crippen molar-refractivity contribution in [3.8, 4) is 0 Å². The summed E-state index contributed by atoms with van der Waals surface area (Å²) in [6.45, 7) is 2.30. The minimum atomic E-state index is -0.234. The van der Waals surface area contributed by atoms with Crippen molar-refractivity contribution in [1.29, 1.82) is 0 Å². The molecule has 0 saturated carbocycles. The molecule has 1 N–H and O–H groups in total. The number of benzene rings is 2. The van der Waals surface area contributed by atoms with Gasteiger partial charge in [-0.25, -0.2) is 0 Å². The first-order valence-corrected chi connectivity index (χ1v) is 13.1. The molecule has 0 bridgehead atoms. The van der Waals surface area contributed by atoms with Gasteiger partial charge in [0.25, 0.3) is 5.91 Å². The third-order valence-electron chi connectivity index (χ3n) is 4.80. The first-order chi connectivity index (χ1) is 16.0. The predicted molar refractivity (Wildman–Crippen MR) is 140 cm³/mol. The zero-order chi connectivity index (χ0) is 23.2. The van der Waals surface area contributed by atoms with Gasteiger partial charge in [0.15, 0.2) is 4.34 Å². The lowest BCUT2D eigenvalue weighted by molar-refractivity contribution is -0.122. The number of carbonyl (C=O) groups is 2. The molecule has 0 spiro atoms. The van der Waals surface area contributed by atoms with Crippen molar-refractivity contribution < 1.29 is 9.59 Å². The first-order valence-electron chi connectivity index (χ1n) is 10.1. The predicted octanol–water partition coefficient (Wildman–Crippen LogP) is 5.37. The zero-order valence-corrected chi connectivity index (χ0v) is 21.0. The summed E-state index contributed by atoms with van der Waals surface area (Å²) in [6.07, 6.45) is 1.94. The van der Waals surface area contributed by atoms with Gasteiger partial charge in [-0.3, -0.25) is 14.5 Å². The van der Waals surface area contributed by atoms with E-state index >= 15 is 0 Å². The maximum atomic E-state index is 12.7. The molecule has 0 unspecified atom stereocenters. The van der Waals surface area contributed by atoms with Crippen LogP contribution in [0.1, 0.15) is 23.1 Å². The molecule has 4 rings (SSSR count). The van der Waals surface area contributed by atoms with Crippen LogP contribution in [0.25, 0.3) is 6.08 Å². The summed E-state index contributed by atoms with van der Waals surface area (Å²) < 4.78 is 1.25. The summed E-state index contributed by atoms with van der Waals surface area (Å²) in [4.78, 5) is 27.1. The molecule has 0 aliphatic carbocycles. The molecule has 1 fully saturated rings. The van der Waals surface area contributed by atoms with Gasteiger partial charge in [-0.15, -0.1) is 10.2 Å². The van der Waals surface area contributed by atoms with Crippen molar-refractivity contribution in [2.24, 2.45) is 0 Å². The highest BCUT2D eigenvalue weighted by atomic mass is 32.2. The highest BCUT2D eigenvalue weighted by molar-refractivity contribution is 8.26. The van der Waals surface area contributed by atoms with E-state index in [1.807, 2.05) is 48.5 Å². The van der Waals surface area contributed by atoms with Crippen LogP contribution in [0.5, 0.6) is 0 Å². The van der Waals surface area contributed by atoms with Crippen LogP contribution in [0.2, 0.25) is 0 Å². The van der Waals surface area contributed by atoms with Crippen molar-refractivity contribution >= 4 is 74.4 Å². The molecule has 6 nitrogen and oxygen atoms in total. The topological polar surface area (TPSA) is 75.2 Å². The number of nitrogens with one attached hydrogen (secondary N) is 1. The van der Waals surface area contributed by atoms with Gasteiger partial charge in [0.2, 0.25) is 11.0 Å². The number of rotatable bonds is 8. The van der Waals surface area contributed by atoms with E-state index in [2.05, 4.69) is 34.6 Å². The van der Waals surface area contributed by atoms with Crippen LogP contribution in [0, 0.1) is 6.92 Å². The van der Waals surface area contributed by atoms with Crippen LogP contribution < -0.4 is 5.32 Å². The van der Waals surface area contributed by atoms with Gasteiger partial charge in [0.05, 0.1) is 4.91 Å². The largest absolute Gasteiger partial charge is 0.300 e. The van der Waals surface area contributed by atoms with Crippen molar-refractivity contribution in [1.82, 2.24) is 15.1 Å². The van der Waals surface area contributed by atoms with Crippen LogP contribution in [-0.4, -0.2) is 37.8 Å². The fourth-order valence-corrected chi connectivity index (χ4v) is 6.17. The lowest BCUT2D eigenvalue weighted by Crippen LogP contribution is -2.31. The highest BCUT2D eigenvalue weighted by Gasteiger charge is 2.32. The van der Waals surface area contributed by atoms with Crippen molar-refractivity contribution in [3.05, 3.63) is 76.2 Å². The molecule has 2 amide bonds. The molecule has 1 aliphatic rings. The summed E-state index contributed by atoms with van der Waals surface area (Å²) in [5, 5.41) is 11.4. The van der Waals surface area contributed by atoms with Crippen molar-refractivity contribution in [2.45, 2.75) is 23.4 Å². The monoisotopic (exact) mass is 512 g/mol. The molecule has 0 atom stereocenters. The number of amides is 2. The van der Waals surface area contributed by atoms with E-state index in [1.165, 1.54) is 39.1 Å². The van der Waals surface area contributed by atoms with E-state index in [1.54, 1.807) is 11.8 Å². The second-order valence-electron chi connectivity index (χ2n) is 7.13. The Morgan fingerprint density at radius 3 is 2.70 bits per heavy atom. The summed E-state index contributed by atoms with van der Waals surface area (Å²) >= 11 is 9.52. The fraction of sp³-hybridized carbons (Fsp3) is 0.174. The van der Waals surface area contributed by atoms with Crippen LogP contribution >= 0.6 is 47.1 Å². The Bertz CT molecular complexity index is 1210. The fourth-order valence-electron chi connectivity index (χ4n) is 3.02. The molecule has 168 valence electrons. The average Bonchev–Trinajstić information content (AvgIpc) is 3.36. The van der Waals surface area contributed by atoms with Gasteiger partial charge in [-0.1, -0.05) is 102 Å². The third kappa shape index (κ3) is 6.29. The molecular weight excluding hydrogens is 493 g/mol. The molecule has 0 radical (unpaired) electrons. The smallest absolute Gasteiger partial charge is 0.266 e. The summed E-state index contributed by atoms with van der Waals surface area (Å²) in [7, 11) is 0. The molecule has 33 heavy (non-hydrogen) atoms. The molecule has 2 heterocycles. The van der Waals surface area contributed by atoms with Crippen LogP contribution in [0.4, 0.5) is 5.13 Å². The Morgan fingerprint density at radius 1 is 1.15 bits per heavy atom. The number of aromatic nitrogens is 2. The van der Waals surface area contributed by atoms with E-state index in [0.717, 1.165) is 15.7 Å². The van der Waals surface area contributed by atoms with Crippen molar-refractivity contribution in [3.63, 3.8) is 0 Å². The maximum absolute atomic E-state index is 12.7. The number of nitrogens with zero attached hydrogens (tertiary/aromatic N) is 3. The Labute approximate surface area is 209 Å². The van der Waals surface area contributed by atoms with Crippen LogP contribution in [0.15, 0.2) is 63.8 Å². The molecule has 1 saturated heterocycles. The van der Waals surface area contributed by atoms with Gasteiger partial charge in [-0.2, -0.15) is 0 Å². The summed E-state index contributed by atoms with van der Waals surface area (Å²) in [6, 6.07) is 17.8. The van der Waals surface area contributed by atoms with Crippen LogP contribution in [0.3, 0.4) is 0 Å². The molecule has 2 aromatic carbocycles.